The predicted molar refractivity (Wildman–Crippen MR) is 131 cm³/mol. The van der Waals surface area contributed by atoms with Crippen LogP contribution in [0.3, 0.4) is 0 Å². The van der Waals surface area contributed by atoms with Crippen molar-refractivity contribution in [2.45, 2.75) is 38.5 Å². The van der Waals surface area contributed by atoms with Gasteiger partial charge in [0.25, 0.3) is 5.56 Å². The summed E-state index contributed by atoms with van der Waals surface area (Å²) < 4.78 is 5.45. The number of thioether (sulfide) groups is 1. The van der Waals surface area contributed by atoms with E-state index < -0.39 is 0 Å². The standard InChI is InChI=1S/C25H28N4O3S/c1-16-8-9-20(17(2)12-16)26-23(30)15-33-25-27-21-10-11-29(14-19(21)24(31)28-25)13-18-6-4-5-7-22(18)32-3/h4-9,12H,10-11,13-15H2,1-3H3,(H,26,30)(H,27,28,31). The Kier molecular flexibility index (Phi) is 7.15. The molecule has 1 aromatic heterocycles. The number of para-hydroxylation sites is 1. The fourth-order valence-corrected chi connectivity index (χ4v) is 4.69. The molecule has 1 aliphatic rings. The highest BCUT2D eigenvalue weighted by Crippen LogP contribution is 2.24. The first-order valence-electron chi connectivity index (χ1n) is 10.9. The predicted octanol–water partition coefficient (Wildman–Crippen LogP) is 3.68. The summed E-state index contributed by atoms with van der Waals surface area (Å²) in [6.45, 7) is 6.03. The highest BCUT2D eigenvalue weighted by Gasteiger charge is 2.22. The van der Waals surface area contributed by atoms with Crippen molar-refractivity contribution >= 4 is 23.4 Å². The van der Waals surface area contributed by atoms with Crippen molar-refractivity contribution in [3.05, 3.63) is 80.8 Å². The number of hydrogen-bond acceptors (Lipinski definition) is 6. The van der Waals surface area contributed by atoms with Crippen LogP contribution in [-0.2, 0) is 24.3 Å². The molecule has 0 atom stereocenters. The highest BCUT2D eigenvalue weighted by atomic mass is 32.2. The van der Waals surface area contributed by atoms with E-state index in [-0.39, 0.29) is 17.2 Å². The molecule has 2 N–H and O–H groups in total. The lowest BCUT2D eigenvalue weighted by Crippen LogP contribution is -2.35. The number of nitrogens with one attached hydrogen (secondary N) is 2. The van der Waals surface area contributed by atoms with Gasteiger partial charge in [0.05, 0.1) is 24.1 Å². The summed E-state index contributed by atoms with van der Waals surface area (Å²) in [6, 6.07) is 13.8. The fourth-order valence-electron chi connectivity index (χ4n) is 4.01. The molecule has 8 heteroatoms. The Bertz CT molecular complexity index is 1220. The fraction of sp³-hybridized carbons (Fsp3) is 0.320. The van der Waals surface area contributed by atoms with Crippen molar-refractivity contribution in [2.75, 3.05) is 24.7 Å². The quantitative estimate of drug-likeness (QED) is 0.410. The number of hydrogen-bond donors (Lipinski definition) is 2. The molecular formula is C25H28N4O3S. The first-order chi connectivity index (χ1) is 15.9. The zero-order valence-corrected chi connectivity index (χ0v) is 19.9. The van der Waals surface area contributed by atoms with Crippen LogP contribution >= 0.6 is 11.8 Å². The average Bonchev–Trinajstić information content (AvgIpc) is 2.80. The minimum absolute atomic E-state index is 0.129. The summed E-state index contributed by atoms with van der Waals surface area (Å²) >= 11 is 1.24. The number of rotatable bonds is 7. The minimum Gasteiger partial charge on any atom is -0.496 e. The molecule has 0 bridgehead atoms. The van der Waals surface area contributed by atoms with Crippen molar-refractivity contribution in [3.8, 4) is 5.75 Å². The number of amides is 1. The first kappa shape index (κ1) is 23.1. The Hall–Kier alpha value is -3.10. The highest BCUT2D eigenvalue weighted by molar-refractivity contribution is 7.99. The SMILES string of the molecule is COc1ccccc1CN1CCc2nc(SCC(=O)Nc3ccc(C)cc3C)[nH]c(=O)c2C1. The third-order valence-electron chi connectivity index (χ3n) is 5.71. The van der Waals surface area contributed by atoms with Gasteiger partial charge in [0, 0.05) is 37.3 Å². The number of H-pyrrole nitrogens is 1. The maximum atomic E-state index is 12.8. The van der Waals surface area contributed by atoms with E-state index in [0.29, 0.717) is 30.2 Å². The van der Waals surface area contributed by atoms with E-state index in [9.17, 15) is 9.59 Å². The molecule has 0 spiro atoms. The Morgan fingerprint density at radius 3 is 2.85 bits per heavy atom. The molecule has 0 unspecified atom stereocenters. The maximum Gasteiger partial charge on any atom is 0.256 e. The van der Waals surface area contributed by atoms with Gasteiger partial charge in [-0.15, -0.1) is 0 Å². The lowest BCUT2D eigenvalue weighted by molar-refractivity contribution is -0.113. The first-order valence-corrected chi connectivity index (χ1v) is 11.9. The third-order valence-corrected chi connectivity index (χ3v) is 6.58. The van der Waals surface area contributed by atoms with Crippen molar-refractivity contribution in [1.29, 1.82) is 0 Å². The molecule has 172 valence electrons. The van der Waals surface area contributed by atoms with Crippen LogP contribution in [-0.4, -0.2) is 40.2 Å². The summed E-state index contributed by atoms with van der Waals surface area (Å²) in [5, 5.41) is 3.41. The van der Waals surface area contributed by atoms with Gasteiger partial charge in [0.2, 0.25) is 5.91 Å². The van der Waals surface area contributed by atoms with Crippen molar-refractivity contribution in [2.24, 2.45) is 0 Å². The third kappa shape index (κ3) is 5.64. The molecule has 0 saturated heterocycles. The average molecular weight is 465 g/mol. The van der Waals surface area contributed by atoms with E-state index in [1.165, 1.54) is 11.8 Å². The lowest BCUT2D eigenvalue weighted by Gasteiger charge is -2.28. The second kappa shape index (κ2) is 10.2. The molecule has 0 saturated carbocycles. The molecule has 2 heterocycles. The van der Waals surface area contributed by atoms with E-state index in [2.05, 4.69) is 20.2 Å². The van der Waals surface area contributed by atoms with Gasteiger partial charge >= 0.3 is 0 Å². The molecule has 3 aromatic rings. The number of nitrogens with zero attached hydrogens (tertiary/aromatic N) is 2. The van der Waals surface area contributed by atoms with Gasteiger partial charge < -0.3 is 15.0 Å². The number of aromatic nitrogens is 2. The topological polar surface area (TPSA) is 87.3 Å². The Morgan fingerprint density at radius 1 is 1.24 bits per heavy atom. The molecule has 0 radical (unpaired) electrons. The largest absolute Gasteiger partial charge is 0.496 e. The van der Waals surface area contributed by atoms with Crippen molar-refractivity contribution < 1.29 is 9.53 Å². The monoisotopic (exact) mass is 464 g/mol. The number of carbonyl (C=O) groups is 1. The van der Waals surface area contributed by atoms with E-state index in [1.54, 1.807) is 7.11 Å². The second-order valence-corrected chi connectivity index (χ2v) is 9.19. The number of ether oxygens (including phenoxy) is 1. The van der Waals surface area contributed by atoms with Crippen LogP contribution in [0.25, 0.3) is 0 Å². The van der Waals surface area contributed by atoms with Crippen molar-refractivity contribution in [1.82, 2.24) is 14.9 Å². The van der Waals surface area contributed by atoms with Crippen molar-refractivity contribution in [3.63, 3.8) is 0 Å². The molecule has 33 heavy (non-hydrogen) atoms. The molecule has 1 amide bonds. The Morgan fingerprint density at radius 2 is 2.06 bits per heavy atom. The van der Waals surface area contributed by atoms with E-state index in [1.807, 2.05) is 56.3 Å². The van der Waals surface area contributed by atoms with Crippen LogP contribution in [0.4, 0.5) is 5.69 Å². The minimum atomic E-state index is -0.137. The van der Waals surface area contributed by atoms with Crippen LogP contribution in [0.15, 0.2) is 52.4 Å². The number of benzene rings is 2. The number of aromatic amines is 1. The normalized spacial score (nSPS) is 13.4. The molecule has 7 nitrogen and oxygen atoms in total. The smallest absolute Gasteiger partial charge is 0.256 e. The number of anilines is 1. The maximum absolute atomic E-state index is 12.8. The summed E-state index contributed by atoms with van der Waals surface area (Å²) in [5.74, 6) is 0.895. The van der Waals surface area contributed by atoms with Gasteiger partial charge in [-0.3, -0.25) is 14.5 Å². The summed E-state index contributed by atoms with van der Waals surface area (Å²) in [7, 11) is 1.67. The van der Waals surface area contributed by atoms with E-state index >= 15 is 0 Å². The lowest BCUT2D eigenvalue weighted by atomic mass is 10.1. The van der Waals surface area contributed by atoms with Crippen LogP contribution in [0.5, 0.6) is 5.75 Å². The van der Waals surface area contributed by atoms with Crippen LogP contribution in [0.2, 0.25) is 0 Å². The molecular weight excluding hydrogens is 436 g/mol. The van der Waals surface area contributed by atoms with Gasteiger partial charge in [0.15, 0.2) is 5.16 Å². The van der Waals surface area contributed by atoms with E-state index in [0.717, 1.165) is 40.4 Å². The number of aryl methyl sites for hydroxylation is 2. The van der Waals surface area contributed by atoms with Gasteiger partial charge in [-0.05, 0) is 31.5 Å². The molecule has 1 aliphatic heterocycles. The van der Waals surface area contributed by atoms with Crippen LogP contribution in [0, 0.1) is 13.8 Å². The molecule has 4 rings (SSSR count). The zero-order valence-electron chi connectivity index (χ0n) is 19.1. The zero-order chi connectivity index (χ0) is 23.4. The van der Waals surface area contributed by atoms with E-state index in [4.69, 9.17) is 4.74 Å². The van der Waals surface area contributed by atoms with Gasteiger partial charge in [-0.25, -0.2) is 4.98 Å². The second-order valence-electron chi connectivity index (χ2n) is 8.22. The van der Waals surface area contributed by atoms with Gasteiger partial charge in [-0.2, -0.15) is 0 Å². The van der Waals surface area contributed by atoms with Crippen LogP contribution in [0.1, 0.15) is 27.9 Å². The molecule has 2 aromatic carbocycles. The summed E-state index contributed by atoms with van der Waals surface area (Å²) in [4.78, 5) is 34.9. The number of methoxy groups -OCH3 is 1. The summed E-state index contributed by atoms with van der Waals surface area (Å²) in [5.41, 5.74) is 5.43. The van der Waals surface area contributed by atoms with Gasteiger partial charge in [0.1, 0.15) is 5.75 Å². The summed E-state index contributed by atoms with van der Waals surface area (Å²) in [6.07, 6.45) is 0.691. The Balaban J connectivity index is 1.38. The Labute approximate surface area is 197 Å². The molecule has 0 aliphatic carbocycles. The van der Waals surface area contributed by atoms with Gasteiger partial charge in [-0.1, -0.05) is 47.7 Å². The number of fused-ring (bicyclic) bond motifs is 1. The van der Waals surface area contributed by atoms with Crippen LogP contribution < -0.4 is 15.6 Å². The number of carbonyl (C=O) groups excluding carboxylic acids is 1. The molecule has 0 fully saturated rings.